The molecule has 1 aromatic heterocycles. The summed E-state index contributed by atoms with van der Waals surface area (Å²) in [6.07, 6.45) is 1.84. The number of anilines is 1. The molecule has 6 heteroatoms. The fourth-order valence-corrected chi connectivity index (χ4v) is 2.47. The second-order valence-corrected chi connectivity index (χ2v) is 5.67. The van der Waals surface area contributed by atoms with Gasteiger partial charge in [-0.3, -0.25) is 9.48 Å². The summed E-state index contributed by atoms with van der Waals surface area (Å²) >= 11 is 5.33. The lowest BCUT2D eigenvalue weighted by molar-refractivity contribution is 0.101. The molecule has 22 heavy (non-hydrogen) atoms. The molecule has 0 bridgehead atoms. The Bertz CT molecular complexity index is 691. The summed E-state index contributed by atoms with van der Waals surface area (Å²) in [7, 11) is 1.92. The van der Waals surface area contributed by atoms with Crippen LogP contribution in [0.25, 0.3) is 0 Å². The minimum Gasteiger partial charge on any atom is -0.356 e. The van der Waals surface area contributed by atoms with Gasteiger partial charge in [0.15, 0.2) is 10.9 Å². The van der Waals surface area contributed by atoms with Crippen molar-refractivity contribution in [3.05, 3.63) is 47.3 Å². The van der Waals surface area contributed by atoms with E-state index in [1.807, 2.05) is 43.9 Å². The fourth-order valence-electron chi connectivity index (χ4n) is 2.17. The largest absolute Gasteiger partial charge is 0.356 e. The van der Waals surface area contributed by atoms with Crippen molar-refractivity contribution in [3.63, 3.8) is 0 Å². The van der Waals surface area contributed by atoms with Gasteiger partial charge in [-0.15, -0.1) is 0 Å². The number of rotatable bonds is 4. The van der Waals surface area contributed by atoms with Crippen LogP contribution >= 0.6 is 12.2 Å². The monoisotopic (exact) mass is 316 g/mol. The Morgan fingerprint density at radius 2 is 1.95 bits per heavy atom. The van der Waals surface area contributed by atoms with Gasteiger partial charge in [0.25, 0.3) is 0 Å². The molecule has 0 fully saturated rings. The third-order valence-electron chi connectivity index (χ3n) is 3.64. The Morgan fingerprint density at radius 1 is 1.32 bits per heavy atom. The van der Waals surface area contributed by atoms with E-state index < -0.39 is 0 Å². The molecule has 5 nitrogen and oxygen atoms in total. The highest BCUT2D eigenvalue weighted by Crippen LogP contribution is 2.16. The Labute approximate surface area is 135 Å². The lowest BCUT2D eigenvalue weighted by atomic mass is 10.1. The number of carbonyl (C=O) groups is 1. The average Bonchev–Trinajstić information content (AvgIpc) is 2.79. The first kappa shape index (κ1) is 16.2. The molecular weight excluding hydrogens is 296 g/mol. The number of nitrogens with zero attached hydrogens (tertiary/aromatic N) is 2. The zero-order valence-corrected chi connectivity index (χ0v) is 14.0. The van der Waals surface area contributed by atoms with Gasteiger partial charge in [-0.05, 0) is 57.3 Å². The van der Waals surface area contributed by atoms with E-state index in [2.05, 4.69) is 15.7 Å². The van der Waals surface area contributed by atoms with Crippen LogP contribution in [0.15, 0.2) is 30.5 Å². The number of Topliss-reactive ketones (excluding diaryl/α,β-unsaturated/α-hetero) is 1. The molecule has 0 aliphatic heterocycles. The number of nitrogens with one attached hydrogen (secondary N) is 2. The number of ketones is 1. The first-order valence-electron chi connectivity index (χ1n) is 7.05. The molecule has 2 rings (SSSR count). The highest BCUT2D eigenvalue weighted by atomic mass is 32.1. The van der Waals surface area contributed by atoms with E-state index in [9.17, 15) is 4.79 Å². The normalized spacial score (nSPS) is 11.8. The number of carbonyl (C=O) groups excluding carboxylic acids is 1. The Kier molecular flexibility index (Phi) is 4.92. The number of hydrogen-bond donors (Lipinski definition) is 2. The molecule has 0 unspecified atom stereocenters. The number of aryl methyl sites for hydroxylation is 1. The van der Waals surface area contributed by atoms with Crippen LogP contribution in [0.1, 0.15) is 41.5 Å². The van der Waals surface area contributed by atoms with E-state index in [1.165, 1.54) is 0 Å². The van der Waals surface area contributed by atoms with Crippen LogP contribution in [-0.4, -0.2) is 20.7 Å². The van der Waals surface area contributed by atoms with Crippen molar-refractivity contribution in [2.45, 2.75) is 26.8 Å². The maximum absolute atomic E-state index is 11.2. The molecule has 2 aromatic rings. The van der Waals surface area contributed by atoms with Crippen LogP contribution in [0.4, 0.5) is 5.69 Å². The third-order valence-corrected chi connectivity index (χ3v) is 3.86. The summed E-state index contributed by atoms with van der Waals surface area (Å²) in [5.74, 6) is 0.0490. The summed E-state index contributed by atoms with van der Waals surface area (Å²) < 4.78 is 1.84. The smallest absolute Gasteiger partial charge is 0.171 e. The molecule has 1 aromatic carbocycles. The lowest BCUT2D eigenvalue weighted by Crippen LogP contribution is -2.31. The molecule has 1 heterocycles. The van der Waals surface area contributed by atoms with Gasteiger partial charge in [0.2, 0.25) is 0 Å². The van der Waals surface area contributed by atoms with E-state index in [-0.39, 0.29) is 11.8 Å². The standard InChI is InChI=1S/C16H20N4OS/c1-10(15-9-17-20(4)11(15)2)18-16(22)19-14-7-5-13(6-8-14)12(3)21/h5-10H,1-4H3,(H2,18,19,22)/t10-/m1/s1. The Balaban J connectivity index is 1.97. The van der Waals surface area contributed by atoms with Crippen LogP contribution in [0.5, 0.6) is 0 Å². The SMILES string of the molecule is CC(=O)c1ccc(NC(=S)N[C@H](C)c2cnn(C)c2C)cc1. The van der Waals surface area contributed by atoms with Crippen molar-refractivity contribution in [1.82, 2.24) is 15.1 Å². The van der Waals surface area contributed by atoms with Crippen molar-refractivity contribution >= 4 is 28.8 Å². The van der Waals surface area contributed by atoms with Gasteiger partial charge in [-0.2, -0.15) is 5.10 Å². The number of aromatic nitrogens is 2. The summed E-state index contributed by atoms with van der Waals surface area (Å²) in [5, 5.41) is 11.1. The summed E-state index contributed by atoms with van der Waals surface area (Å²) in [6.45, 7) is 5.61. The van der Waals surface area contributed by atoms with Crippen molar-refractivity contribution in [3.8, 4) is 0 Å². The molecule has 0 aliphatic carbocycles. The highest BCUT2D eigenvalue weighted by molar-refractivity contribution is 7.80. The minimum atomic E-state index is 0.0490. The molecule has 0 spiro atoms. The van der Waals surface area contributed by atoms with Crippen molar-refractivity contribution in [2.24, 2.45) is 7.05 Å². The molecule has 0 saturated carbocycles. The number of hydrogen-bond acceptors (Lipinski definition) is 3. The van der Waals surface area contributed by atoms with Crippen LogP contribution in [0.2, 0.25) is 0 Å². The molecule has 1 atom stereocenters. The van der Waals surface area contributed by atoms with Gasteiger partial charge in [0.05, 0.1) is 12.2 Å². The zero-order valence-electron chi connectivity index (χ0n) is 13.2. The van der Waals surface area contributed by atoms with E-state index in [1.54, 1.807) is 19.1 Å². The molecule has 116 valence electrons. The second-order valence-electron chi connectivity index (χ2n) is 5.26. The quantitative estimate of drug-likeness (QED) is 0.671. The average molecular weight is 316 g/mol. The molecule has 0 amide bonds. The van der Waals surface area contributed by atoms with Gasteiger partial charge in [0.1, 0.15) is 0 Å². The van der Waals surface area contributed by atoms with Crippen molar-refractivity contribution in [2.75, 3.05) is 5.32 Å². The van der Waals surface area contributed by atoms with Crippen molar-refractivity contribution in [1.29, 1.82) is 0 Å². The number of benzene rings is 1. The van der Waals surface area contributed by atoms with Crippen LogP contribution in [0.3, 0.4) is 0 Å². The molecule has 2 N–H and O–H groups in total. The second kappa shape index (κ2) is 6.70. The first-order chi connectivity index (χ1) is 10.4. The van der Waals surface area contributed by atoms with Gasteiger partial charge in [-0.1, -0.05) is 0 Å². The predicted octanol–water partition coefficient (Wildman–Crippen LogP) is 2.98. The van der Waals surface area contributed by atoms with Crippen LogP contribution < -0.4 is 10.6 Å². The van der Waals surface area contributed by atoms with E-state index in [0.717, 1.165) is 16.9 Å². The van der Waals surface area contributed by atoms with Gasteiger partial charge >= 0.3 is 0 Å². The van der Waals surface area contributed by atoms with E-state index in [0.29, 0.717) is 10.7 Å². The zero-order chi connectivity index (χ0) is 16.3. The summed E-state index contributed by atoms with van der Waals surface area (Å²) in [4.78, 5) is 11.2. The van der Waals surface area contributed by atoms with Gasteiger partial charge in [-0.25, -0.2) is 0 Å². The molecule has 0 aliphatic rings. The van der Waals surface area contributed by atoms with Crippen molar-refractivity contribution < 1.29 is 4.79 Å². The first-order valence-corrected chi connectivity index (χ1v) is 7.46. The maximum atomic E-state index is 11.2. The summed E-state index contributed by atoms with van der Waals surface area (Å²) in [6, 6.07) is 7.30. The van der Waals surface area contributed by atoms with E-state index in [4.69, 9.17) is 12.2 Å². The summed E-state index contributed by atoms with van der Waals surface area (Å²) in [5.41, 5.74) is 3.74. The maximum Gasteiger partial charge on any atom is 0.171 e. The van der Waals surface area contributed by atoms with Gasteiger partial charge in [0, 0.05) is 29.6 Å². The Morgan fingerprint density at radius 3 is 2.45 bits per heavy atom. The molecular formula is C16H20N4OS. The topological polar surface area (TPSA) is 59.0 Å². The lowest BCUT2D eigenvalue weighted by Gasteiger charge is -2.17. The molecule has 0 radical (unpaired) electrons. The van der Waals surface area contributed by atoms with Crippen LogP contribution in [-0.2, 0) is 7.05 Å². The fraction of sp³-hybridized carbons (Fsp3) is 0.312. The Hall–Kier alpha value is -2.21. The number of thiocarbonyl (C=S) groups is 1. The predicted molar refractivity (Wildman–Crippen MR) is 92.2 cm³/mol. The van der Waals surface area contributed by atoms with E-state index >= 15 is 0 Å². The molecule has 0 saturated heterocycles. The minimum absolute atomic E-state index is 0.0490. The third kappa shape index (κ3) is 3.71. The highest BCUT2D eigenvalue weighted by Gasteiger charge is 2.13. The van der Waals surface area contributed by atoms with Crippen LogP contribution in [0, 0.1) is 6.92 Å². The van der Waals surface area contributed by atoms with Gasteiger partial charge < -0.3 is 10.6 Å².